The number of anilines is 1. The van der Waals surface area contributed by atoms with Gasteiger partial charge in [-0.05, 0) is 49.2 Å². The highest BCUT2D eigenvalue weighted by Crippen LogP contribution is 2.32. The van der Waals surface area contributed by atoms with Gasteiger partial charge in [-0.15, -0.1) is 0 Å². The van der Waals surface area contributed by atoms with Gasteiger partial charge in [0, 0.05) is 11.1 Å². The second-order valence-corrected chi connectivity index (χ2v) is 6.78. The molecule has 1 atom stereocenters. The van der Waals surface area contributed by atoms with Gasteiger partial charge in [-0.2, -0.15) is 0 Å². The van der Waals surface area contributed by atoms with Gasteiger partial charge in [0.1, 0.15) is 0 Å². The molecule has 0 radical (unpaired) electrons. The van der Waals surface area contributed by atoms with Gasteiger partial charge in [0.05, 0.1) is 24.9 Å². The molecule has 1 aromatic heterocycles. The van der Waals surface area contributed by atoms with E-state index in [9.17, 15) is 4.79 Å². The second-order valence-electron chi connectivity index (χ2n) is 6.37. The number of nitrogens with zero attached hydrogens (tertiary/aromatic N) is 1. The van der Waals surface area contributed by atoms with Crippen molar-refractivity contribution in [2.45, 2.75) is 19.8 Å². The van der Waals surface area contributed by atoms with Crippen molar-refractivity contribution < 1.29 is 14.3 Å². The number of rotatable bonds is 6. The van der Waals surface area contributed by atoms with Gasteiger partial charge in [0.15, 0.2) is 11.5 Å². The average molecular weight is 397 g/mol. The smallest absolute Gasteiger partial charge is 0.231 e. The summed E-state index contributed by atoms with van der Waals surface area (Å²) < 4.78 is 11.1. The molecule has 0 spiro atoms. The average Bonchev–Trinajstić information content (AvgIpc) is 2.70. The van der Waals surface area contributed by atoms with E-state index < -0.39 is 0 Å². The molecule has 1 heterocycles. The third kappa shape index (κ3) is 4.61. The fourth-order valence-electron chi connectivity index (χ4n) is 2.70. The second kappa shape index (κ2) is 8.76. The molecule has 0 bridgehead atoms. The summed E-state index contributed by atoms with van der Waals surface area (Å²) in [5.74, 6) is 1.06. The Labute approximate surface area is 169 Å². The van der Waals surface area contributed by atoms with Crippen LogP contribution in [0.15, 0.2) is 60.8 Å². The minimum Gasteiger partial charge on any atom is -0.493 e. The minimum atomic E-state index is -0.388. The number of hydrogen-bond donors (Lipinski definition) is 1. The fraction of sp³-hybridized carbons (Fsp3) is 0.182. The van der Waals surface area contributed by atoms with Crippen molar-refractivity contribution in [3.8, 4) is 17.4 Å². The van der Waals surface area contributed by atoms with E-state index in [1.807, 2.05) is 50.2 Å². The molecule has 6 heteroatoms. The van der Waals surface area contributed by atoms with Gasteiger partial charge >= 0.3 is 0 Å². The fourth-order valence-corrected chi connectivity index (χ4v) is 3.00. The third-order valence-corrected chi connectivity index (χ3v) is 4.65. The zero-order chi connectivity index (χ0) is 20.1. The lowest BCUT2D eigenvalue weighted by Gasteiger charge is -2.14. The molecule has 1 amide bonds. The third-order valence-electron chi connectivity index (χ3n) is 4.30. The summed E-state index contributed by atoms with van der Waals surface area (Å²) in [6, 6.07) is 16.4. The Hall–Kier alpha value is -3.05. The minimum absolute atomic E-state index is 0.163. The van der Waals surface area contributed by atoms with Crippen molar-refractivity contribution in [3.63, 3.8) is 0 Å². The molecule has 1 N–H and O–H groups in total. The number of carbonyl (C=O) groups excluding carboxylic acids is 1. The summed E-state index contributed by atoms with van der Waals surface area (Å²) in [5, 5.41) is 3.42. The maximum absolute atomic E-state index is 12.5. The molecule has 0 aliphatic heterocycles. The van der Waals surface area contributed by atoms with Crippen molar-refractivity contribution >= 4 is 23.2 Å². The number of aryl methyl sites for hydroxylation is 1. The van der Waals surface area contributed by atoms with Crippen LogP contribution in [0, 0.1) is 6.92 Å². The normalized spacial score (nSPS) is 11.6. The van der Waals surface area contributed by atoms with Crippen LogP contribution >= 0.6 is 11.6 Å². The van der Waals surface area contributed by atoms with Crippen LogP contribution < -0.4 is 14.8 Å². The first-order valence-electron chi connectivity index (χ1n) is 8.81. The number of halogens is 1. The Kier molecular flexibility index (Phi) is 6.16. The van der Waals surface area contributed by atoms with Crippen LogP contribution in [-0.2, 0) is 4.79 Å². The van der Waals surface area contributed by atoms with Crippen LogP contribution in [0.25, 0.3) is 0 Å². The molecule has 0 aliphatic carbocycles. The molecule has 0 saturated heterocycles. The lowest BCUT2D eigenvalue weighted by molar-refractivity contribution is -0.117. The molecule has 2 aromatic carbocycles. The number of nitrogens with one attached hydrogen (secondary N) is 1. The van der Waals surface area contributed by atoms with Gasteiger partial charge < -0.3 is 14.8 Å². The number of hydrogen-bond acceptors (Lipinski definition) is 4. The Morgan fingerprint density at radius 3 is 2.57 bits per heavy atom. The molecule has 0 aliphatic rings. The van der Waals surface area contributed by atoms with Crippen LogP contribution in [0.3, 0.4) is 0 Å². The van der Waals surface area contributed by atoms with Crippen LogP contribution in [0.4, 0.5) is 5.69 Å². The Bertz CT molecular complexity index is 974. The highest BCUT2D eigenvalue weighted by Gasteiger charge is 2.18. The number of benzene rings is 2. The number of pyridine rings is 1. The van der Waals surface area contributed by atoms with E-state index in [4.69, 9.17) is 21.1 Å². The maximum Gasteiger partial charge on any atom is 0.231 e. The summed E-state index contributed by atoms with van der Waals surface area (Å²) >= 11 is 6.18. The molecule has 0 fully saturated rings. The van der Waals surface area contributed by atoms with Crippen LogP contribution in [0.5, 0.6) is 17.4 Å². The predicted octanol–water partition coefficient (Wildman–Crippen LogP) is 5.59. The van der Waals surface area contributed by atoms with Crippen LogP contribution in [-0.4, -0.2) is 18.0 Å². The topological polar surface area (TPSA) is 60.5 Å². The number of methoxy groups -OCH3 is 1. The van der Waals surface area contributed by atoms with Crippen LogP contribution in [0.2, 0.25) is 5.02 Å². The van der Waals surface area contributed by atoms with Crippen molar-refractivity contribution in [3.05, 3.63) is 76.9 Å². The molecule has 28 heavy (non-hydrogen) atoms. The molecule has 3 aromatic rings. The SMILES string of the molecule is COc1cc(C)ccc1Oc1ccc(NC(=O)C(C)c2ccccc2Cl)cn1. The van der Waals surface area contributed by atoms with Gasteiger partial charge in [0.25, 0.3) is 0 Å². The molecule has 3 rings (SSSR count). The van der Waals surface area contributed by atoms with Gasteiger partial charge in [-0.3, -0.25) is 4.79 Å². The summed E-state index contributed by atoms with van der Waals surface area (Å²) in [6.45, 7) is 3.79. The van der Waals surface area contributed by atoms with E-state index in [0.717, 1.165) is 11.1 Å². The molecular weight excluding hydrogens is 376 g/mol. The number of carbonyl (C=O) groups is 1. The monoisotopic (exact) mass is 396 g/mol. The van der Waals surface area contributed by atoms with Crippen molar-refractivity contribution in [1.29, 1.82) is 0 Å². The Morgan fingerprint density at radius 1 is 1.11 bits per heavy atom. The number of amides is 1. The predicted molar refractivity (Wildman–Crippen MR) is 111 cm³/mol. The van der Waals surface area contributed by atoms with Gasteiger partial charge in [-0.1, -0.05) is 35.9 Å². The van der Waals surface area contributed by atoms with E-state index in [0.29, 0.717) is 28.1 Å². The van der Waals surface area contributed by atoms with Gasteiger partial charge in [-0.25, -0.2) is 4.98 Å². The van der Waals surface area contributed by atoms with Crippen molar-refractivity contribution in [2.24, 2.45) is 0 Å². The zero-order valence-corrected chi connectivity index (χ0v) is 16.7. The number of aromatic nitrogens is 1. The summed E-state index contributed by atoms with van der Waals surface area (Å²) in [5.41, 5.74) is 2.43. The van der Waals surface area contributed by atoms with Gasteiger partial charge in [0.2, 0.25) is 11.8 Å². The zero-order valence-electron chi connectivity index (χ0n) is 15.9. The van der Waals surface area contributed by atoms with E-state index in [1.54, 1.807) is 31.5 Å². The summed E-state index contributed by atoms with van der Waals surface area (Å²) in [4.78, 5) is 16.8. The lowest BCUT2D eigenvalue weighted by Crippen LogP contribution is -2.19. The summed E-state index contributed by atoms with van der Waals surface area (Å²) in [7, 11) is 1.59. The first-order valence-corrected chi connectivity index (χ1v) is 9.19. The van der Waals surface area contributed by atoms with E-state index in [-0.39, 0.29) is 11.8 Å². The quantitative estimate of drug-likeness (QED) is 0.590. The molecular formula is C22H21ClN2O3. The van der Waals surface area contributed by atoms with E-state index >= 15 is 0 Å². The van der Waals surface area contributed by atoms with Crippen molar-refractivity contribution in [1.82, 2.24) is 4.98 Å². The highest BCUT2D eigenvalue weighted by atomic mass is 35.5. The standard InChI is InChI=1S/C22H21ClN2O3/c1-14-8-10-19(20(12-14)27-3)28-21-11-9-16(13-24-21)25-22(26)15(2)17-6-4-5-7-18(17)23/h4-13,15H,1-3H3,(H,25,26). The number of ether oxygens (including phenoxy) is 2. The first kappa shape index (κ1) is 19.7. The van der Waals surface area contributed by atoms with E-state index in [2.05, 4.69) is 10.3 Å². The molecule has 1 unspecified atom stereocenters. The Morgan fingerprint density at radius 2 is 1.89 bits per heavy atom. The molecule has 0 saturated carbocycles. The lowest BCUT2D eigenvalue weighted by atomic mass is 10.0. The largest absolute Gasteiger partial charge is 0.493 e. The summed E-state index contributed by atoms with van der Waals surface area (Å²) in [6.07, 6.45) is 1.55. The van der Waals surface area contributed by atoms with Crippen LogP contribution in [0.1, 0.15) is 24.0 Å². The highest BCUT2D eigenvalue weighted by molar-refractivity contribution is 6.31. The van der Waals surface area contributed by atoms with E-state index in [1.165, 1.54) is 0 Å². The van der Waals surface area contributed by atoms with Crippen molar-refractivity contribution in [2.75, 3.05) is 12.4 Å². The molecule has 5 nitrogen and oxygen atoms in total. The first-order chi connectivity index (χ1) is 13.5. The maximum atomic E-state index is 12.5. The molecule has 144 valence electrons. The Balaban J connectivity index is 1.68.